The fourth-order valence-corrected chi connectivity index (χ4v) is 2.64. The topological polar surface area (TPSA) is 83.9 Å². The number of hydrogen-bond donors (Lipinski definition) is 1. The summed E-state index contributed by atoms with van der Waals surface area (Å²) in [6.45, 7) is 0.366. The largest absolute Gasteiger partial charge is 0.534 e. The van der Waals surface area contributed by atoms with Gasteiger partial charge >= 0.3 is 21.6 Å². The zero-order chi connectivity index (χ0) is 14.4. The van der Waals surface area contributed by atoms with E-state index in [-0.39, 0.29) is 12.5 Å². The van der Waals surface area contributed by atoms with Gasteiger partial charge in [0, 0.05) is 19.0 Å². The van der Waals surface area contributed by atoms with Crippen molar-refractivity contribution in [3.8, 4) is 0 Å². The first-order chi connectivity index (χ1) is 8.63. The van der Waals surface area contributed by atoms with Crippen molar-refractivity contribution in [2.45, 2.75) is 30.8 Å². The maximum Gasteiger partial charge on any atom is 0.534 e. The molecule has 0 aromatic rings. The lowest BCUT2D eigenvalue weighted by atomic mass is 9.91. The number of hydrogen-bond acceptors (Lipinski definition) is 5. The summed E-state index contributed by atoms with van der Waals surface area (Å²) in [5.74, 6) is -2.14. The van der Waals surface area contributed by atoms with Crippen LogP contribution in [0.15, 0.2) is 11.5 Å². The quantitative estimate of drug-likeness (QED) is 0.619. The first-order valence-electron chi connectivity index (χ1n) is 5.37. The molecule has 10 heteroatoms. The predicted molar refractivity (Wildman–Crippen MR) is 55.1 cm³/mol. The predicted octanol–water partition coefficient (Wildman–Crippen LogP) is 1.02. The average Bonchev–Trinajstić information content (AvgIpc) is 2.19. The summed E-state index contributed by atoms with van der Waals surface area (Å²) in [7, 11) is -5.83. The van der Waals surface area contributed by atoms with Gasteiger partial charge in [0.2, 0.25) is 0 Å². The van der Waals surface area contributed by atoms with Crippen molar-refractivity contribution in [1.29, 1.82) is 0 Å². The molecule has 2 rings (SSSR count). The highest BCUT2D eigenvalue weighted by Crippen LogP contribution is 2.38. The first kappa shape index (κ1) is 14.0. The van der Waals surface area contributed by atoms with Crippen LogP contribution in [0.25, 0.3) is 0 Å². The Morgan fingerprint density at radius 2 is 2.00 bits per heavy atom. The van der Waals surface area contributed by atoms with Crippen LogP contribution >= 0.6 is 0 Å². The zero-order valence-corrected chi connectivity index (χ0v) is 10.3. The molecule has 0 amide bonds. The summed E-state index contributed by atoms with van der Waals surface area (Å²) >= 11 is 0. The van der Waals surface area contributed by atoms with Crippen LogP contribution in [0.3, 0.4) is 0 Å². The number of allylic oxidation sites excluding steroid dienone is 1. The fraction of sp³-hybridized carbons (Fsp3) is 0.667. The lowest BCUT2D eigenvalue weighted by Gasteiger charge is -2.46. The molecule has 0 aliphatic carbocycles. The molecule has 108 valence electrons. The van der Waals surface area contributed by atoms with Crippen LogP contribution in [0.1, 0.15) is 19.3 Å². The van der Waals surface area contributed by atoms with Crippen LogP contribution in [-0.2, 0) is 19.1 Å². The molecule has 1 saturated heterocycles. The van der Waals surface area contributed by atoms with Crippen LogP contribution in [0.4, 0.5) is 13.2 Å². The molecule has 0 saturated carbocycles. The van der Waals surface area contributed by atoms with E-state index < -0.39 is 33.1 Å². The number of carboxylic acid groups (broad SMARTS) is 1. The van der Waals surface area contributed by atoms with Crippen molar-refractivity contribution in [1.82, 2.24) is 4.90 Å². The molecule has 2 aliphatic heterocycles. The second kappa shape index (κ2) is 4.29. The molecule has 0 aromatic heterocycles. The molecular weight excluding hydrogens is 291 g/mol. The molecule has 6 nitrogen and oxygen atoms in total. The fourth-order valence-electron chi connectivity index (χ4n) is 2.11. The molecular formula is C9H10F3NO5S. The number of carbonyl (C=O) groups is 1. The van der Waals surface area contributed by atoms with Gasteiger partial charge < -0.3 is 14.2 Å². The van der Waals surface area contributed by atoms with Gasteiger partial charge in [-0.05, 0) is 12.8 Å². The molecule has 0 radical (unpaired) electrons. The van der Waals surface area contributed by atoms with Crippen molar-refractivity contribution in [3.63, 3.8) is 0 Å². The SMILES string of the molecule is O=C(O)C1=C(OS(=O)(=O)C(F)(F)F)CCC2CCN12. The molecule has 19 heavy (non-hydrogen) atoms. The van der Waals surface area contributed by atoms with E-state index >= 15 is 0 Å². The molecule has 1 unspecified atom stereocenters. The summed E-state index contributed by atoms with van der Waals surface area (Å²) in [6.07, 6.45) is 0.966. The second-order valence-electron chi connectivity index (χ2n) is 4.23. The molecule has 0 aromatic carbocycles. The Kier molecular flexibility index (Phi) is 3.15. The Labute approximate surface area is 106 Å². The van der Waals surface area contributed by atoms with Gasteiger partial charge in [0.25, 0.3) is 0 Å². The highest BCUT2D eigenvalue weighted by Gasteiger charge is 2.50. The van der Waals surface area contributed by atoms with Gasteiger partial charge in [-0.2, -0.15) is 21.6 Å². The van der Waals surface area contributed by atoms with Gasteiger partial charge in [-0.25, -0.2) is 4.79 Å². The van der Waals surface area contributed by atoms with E-state index in [2.05, 4.69) is 4.18 Å². The lowest BCUT2D eigenvalue weighted by Crippen LogP contribution is -2.51. The number of aliphatic carboxylic acids is 1. The zero-order valence-electron chi connectivity index (χ0n) is 9.48. The van der Waals surface area contributed by atoms with E-state index in [9.17, 15) is 26.4 Å². The number of alkyl halides is 3. The molecule has 0 bridgehead atoms. The van der Waals surface area contributed by atoms with Crippen LogP contribution in [0.5, 0.6) is 0 Å². The van der Waals surface area contributed by atoms with Crippen molar-refractivity contribution in [2.24, 2.45) is 0 Å². The molecule has 1 N–H and O–H groups in total. The van der Waals surface area contributed by atoms with E-state index in [1.165, 1.54) is 4.90 Å². The number of halogens is 3. The Hall–Kier alpha value is -1.45. The summed E-state index contributed by atoms with van der Waals surface area (Å²) in [5, 5.41) is 8.97. The van der Waals surface area contributed by atoms with Gasteiger partial charge in [-0.15, -0.1) is 0 Å². The van der Waals surface area contributed by atoms with Crippen molar-refractivity contribution in [3.05, 3.63) is 11.5 Å². The average molecular weight is 301 g/mol. The number of rotatable bonds is 3. The van der Waals surface area contributed by atoms with Crippen LogP contribution in [-0.4, -0.2) is 42.5 Å². The Morgan fingerprint density at radius 1 is 1.37 bits per heavy atom. The maximum absolute atomic E-state index is 12.2. The second-order valence-corrected chi connectivity index (χ2v) is 5.77. The summed E-state index contributed by atoms with van der Waals surface area (Å²) in [6, 6.07) is -0.0629. The van der Waals surface area contributed by atoms with Crippen molar-refractivity contribution < 1.29 is 35.7 Å². The van der Waals surface area contributed by atoms with Crippen LogP contribution in [0, 0.1) is 0 Å². The first-order valence-corrected chi connectivity index (χ1v) is 6.78. The Bertz CT molecular complexity index is 539. The van der Waals surface area contributed by atoms with Crippen LogP contribution in [0.2, 0.25) is 0 Å². The van der Waals surface area contributed by atoms with E-state index in [1.54, 1.807) is 0 Å². The highest BCUT2D eigenvalue weighted by molar-refractivity contribution is 7.87. The van der Waals surface area contributed by atoms with E-state index in [0.717, 1.165) is 6.42 Å². The third-order valence-electron chi connectivity index (χ3n) is 3.10. The van der Waals surface area contributed by atoms with Gasteiger partial charge in [-0.1, -0.05) is 0 Å². The van der Waals surface area contributed by atoms with Crippen molar-refractivity contribution >= 4 is 16.1 Å². The maximum atomic E-state index is 12.2. The van der Waals surface area contributed by atoms with Gasteiger partial charge in [0.1, 0.15) is 0 Å². The summed E-state index contributed by atoms with van der Waals surface area (Å²) < 4.78 is 62.4. The van der Waals surface area contributed by atoms with E-state index in [4.69, 9.17) is 5.11 Å². The molecule has 1 atom stereocenters. The molecule has 2 aliphatic rings. The van der Waals surface area contributed by atoms with E-state index in [1.807, 2.05) is 0 Å². The lowest BCUT2D eigenvalue weighted by molar-refractivity contribution is -0.136. The minimum atomic E-state index is -5.83. The monoisotopic (exact) mass is 301 g/mol. The molecule has 1 fully saturated rings. The smallest absolute Gasteiger partial charge is 0.476 e. The Balaban J connectivity index is 2.34. The van der Waals surface area contributed by atoms with Crippen LogP contribution < -0.4 is 0 Å². The molecule has 2 heterocycles. The summed E-state index contributed by atoms with van der Waals surface area (Å²) in [5.41, 5.74) is -6.06. The Morgan fingerprint density at radius 3 is 2.42 bits per heavy atom. The normalized spacial score (nSPS) is 23.7. The van der Waals surface area contributed by atoms with Gasteiger partial charge in [0.15, 0.2) is 11.5 Å². The number of fused-ring (bicyclic) bond motifs is 1. The number of nitrogens with zero attached hydrogens (tertiary/aromatic N) is 1. The van der Waals surface area contributed by atoms with Crippen molar-refractivity contribution in [2.75, 3.05) is 6.54 Å². The van der Waals surface area contributed by atoms with Gasteiger partial charge in [0.05, 0.1) is 0 Å². The molecule has 0 spiro atoms. The highest BCUT2D eigenvalue weighted by atomic mass is 32.2. The van der Waals surface area contributed by atoms with E-state index in [0.29, 0.717) is 13.0 Å². The minimum Gasteiger partial charge on any atom is -0.476 e. The standard InChI is InChI=1S/C9H10F3NO5S/c10-9(11,12)19(16,17)18-6-2-1-5-3-4-13(5)7(6)8(14)15/h5H,1-4H2,(H,14,15). The minimum absolute atomic E-state index is 0.0629. The third kappa shape index (κ3) is 2.36. The summed E-state index contributed by atoms with van der Waals surface area (Å²) in [4.78, 5) is 12.4. The number of carboxylic acids is 1. The van der Waals surface area contributed by atoms with Gasteiger partial charge in [-0.3, -0.25) is 0 Å². The third-order valence-corrected chi connectivity index (χ3v) is 4.08.